The highest BCUT2D eigenvalue weighted by molar-refractivity contribution is 5.32. The van der Waals surface area contributed by atoms with E-state index in [1.54, 1.807) is 6.07 Å². The van der Waals surface area contributed by atoms with Gasteiger partial charge in [-0.05, 0) is 73.5 Å². The first-order valence-electron chi connectivity index (χ1n) is 12.7. The van der Waals surface area contributed by atoms with Gasteiger partial charge in [0.05, 0.1) is 5.56 Å². The lowest BCUT2D eigenvalue weighted by Gasteiger charge is -2.40. The Labute approximate surface area is 186 Å². The van der Waals surface area contributed by atoms with Crippen molar-refractivity contribution in [2.45, 2.75) is 128 Å². The Bertz CT molecular complexity index is 679. The first kappa shape index (κ1) is 24.6. The Morgan fingerprint density at radius 1 is 0.774 bits per heavy atom. The van der Waals surface area contributed by atoms with E-state index < -0.39 is 17.6 Å². The van der Waals surface area contributed by atoms with Crippen LogP contribution in [0.2, 0.25) is 0 Å². The molecule has 2 saturated carbocycles. The van der Waals surface area contributed by atoms with Gasteiger partial charge in [-0.25, -0.2) is 4.39 Å². The zero-order chi connectivity index (χ0) is 22.4. The Hall–Kier alpha value is -1.06. The summed E-state index contributed by atoms with van der Waals surface area (Å²) in [6.07, 6.45) is 15.9. The molecule has 31 heavy (non-hydrogen) atoms. The lowest BCUT2D eigenvalue weighted by Crippen LogP contribution is -2.30. The minimum absolute atomic E-state index is 0.146. The molecule has 1 aromatic carbocycles. The molecule has 4 heteroatoms. The molecule has 176 valence electrons. The number of alkyl halides is 3. The number of benzene rings is 1. The van der Waals surface area contributed by atoms with Crippen LogP contribution in [0.25, 0.3) is 0 Å². The van der Waals surface area contributed by atoms with Crippen molar-refractivity contribution in [3.05, 3.63) is 35.1 Å². The van der Waals surface area contributed by atoms with E-state index in [2.05, 4.69) is 6.92 Å². The molecule has 0 radical (unpaired) electrons. The normalized spacial score (nSPS) is 21.2. The molecule has 0 aliphatic heterocycles. The Balaban J connectivity index is 1.67. The van der Waals surface area contributed by atoms with Crippen LogP contribution in [0.3, 0.4) is 0 Å². The maximum absolute atomic E-state index is 14.4. The van der Waals surface area contributed by atoms with E-state index >= 15 is 0 Å². The quantitative estimate of drug-likeness (QED) is 0.265. The van der Waals surface area contributed by atoms with Gasteiger partial charge in [-0.1, -0.05) is 77.2 Å². The highest BCUT2D eigenvalue weighted by Crippen LogP contribution is 2.47. The topological polar surface area (TPSA) is 0 Å². The van der Waals surface area contributed by atoms with E-state index in [1.165, 1.54) is 76.7 Å². The monoisotopic (exact) mass is 440 g/mol. The Morgan fingerprint density at radius 2 is 1.35 bits per heavy atom. The van der Waals surface area contributed by atoms with Crippen molar-refractivity contribution in [2.24, 2.45) is 5.41 Å². The molecule has 0 amide bonds. The van der Waals surface area contributed by atoms with E-state index in [-0.39, 0.29) is 5.41 Å². The van der Waals surface area contributed by atoms with Gasteiger partial charge in [-0.15, -0.1) is 0 Å². The predicted octanol–water partition coefficient (Wildman–Crippen LogP) is 9.75. The molecule has 2 fully saturated rings. The van der Waals surface area contributed by atoms with Crippen LogP contribution in [-0.2, 0) is 11.6 Å². The van der Waals surface area contributed by atoms with Crippen molar-refractivity contribution >= 4 is 0 Å². The van der Waals surface area contributed by atoms with Crippen molar-refractivity contribution in [1.82, 2.24) is 0 Å². The molecule has 0 N–H and O–H groups in total. The van der Waals surface area contributed by atoms with Crippen LogP contribution in [0.15, 0.2) is 18.2 Å². The molecule has 0 bridgehead atoms. The van der Waals surface area contributed by atoms with Gasteiger partial charge in [0.2, 0.25) is 0 Å². The second kappa shape index (κ2) is 10.7. The van der Waals surface area contributed by atoms with Crippen LogP contribution in [0.5, 0.6) is 0 Å². The highest BCUT2D eigenvalue weighted by Gasteiger charge is 2.38. The van der Waals surface area contributed by atoms with E-state index in [4.69, 9.17) is 0 Å². The summed E-state index contributed by atoms with van der Waals surface area (Å²) in [5.74, 6) is -1.12. The van der Waals surface area contributed by atoms with Crippen LogP contribution in [-0.4, -0.2) is 0 Å². The summed E-state index contributed by atoms with van der Waals surface area (Å²) >= 11 is 0. The van der Waals surface area contributed by atoms with Crippen molar-refractivity contribution < 1.29 is 17.6 Å². The van der Waals surface area contributed by atoms with Gasteiger partial charge in [0.25, 0.3) is 0 Å². The van der Waals surface area contributed by atoms with E-state index in [0.717, 1.165) is 50.2 Å². The Kier molecular flexibility index (Phi) is 8.49. The number of halogens is 4. The molecule has 2 aliphatic rings. The third kappa shape index (κ3) is 6.26. The fourth-order valence-electron chi connectivity index (χ4n) is 6.43. The summed E-state index contributed by atoms with van der Waals surface area (Å²) in [5, 5.41) is 0. The molecular formula is C27H40F4. The van der Waals surface area contributed by atoms with E-state index in [9.17, 15) is 17.6 Å². The van der Waals surface area contributed by atoms with E-state index in [1.807, 2.05) is 0 Å². The van der Waals surface area contributed by atoms with Crippen LogP contribution >= 0.6 is 0 Å². The first-order valence-corrected chi connectivity index (χ1v) is 12.7. The van der Waals surface area contributed by atoms with Crippen LogP contribution in [0.4, 0.5) is 17.6 Å². The SMILES string of the molecule is CCCCC1(CCCCC2(c3ccc(C(F)(F)F)c(F)c3)CCCCC2)CCCCC1. The lowest BCUT2D eigenvalue weighted by atomic mass is 9.65. The van der Waals surface area contributed by atoms with Gasteiger partial charge < -0.3 is 0 Å². The van der Waals surface area contributed by atoms with Gasteiger partial charge in [-0.3, -0.25) is 0 Å². The van der Waals surface area contributed by atoms with Crippen LogP contribution in [0.1, 0.15) is 127 Å². The van der Waals surface area contributed by atoms with Crippen molar-refractivity contribution in [3.8, 4) is 0 Å². The second-order valence-corrected chi connectivity index (χ2v) is 10.4. The zero-order valence-electron chi connectivity index (χ0n) is 19.3. The van der Waals surface area contributed by atoms with Crippen LogP contribution < -0.4 is 0 Å². The molecule has 3 rings (SSSR count). The number of hydrogen-bond donors (Lipinski definition) is 0. The summed E-state index contributed by atoms with van der Waals surface area (Å²) in [4.78, 5) is 0. The number of rotatable bonds is 9. The summed E-state index contributed by atoms with van der Waals surface area (Å²) in [6, 6.07) is 3.71. The summed E-state index contributed by atoms with van der Waals surface area (Å²) in [6.45, 7) is 2.27. The Morgan fingerprint density at radius 3 is 1.94 bits per heavy atom. The molecular weight excluding hydrogens is 400 g/mol. The number of unbranched alkanes of at least 4 members (excludes halogenated alkanes) is 2. The molecule has 0 nitrogen and oxygen atoms in total. The van der Waals surface area contributed by atoms with Crippen LogP contribution in [0, 0.1) is 11.2 Å². The molecule has 0 aromatic heterocycles. The van der Waals surface area contributed by atoms with Crippen molar-refractivity contribution in [1.29, 1.82) is 0 Å². The maximum atomic E-state index is 14.4. The zero-order valence-corrected chi connectivity index (χ0v) is 19.3. The molecule has 0 spiro atoms. The highest BCUT2D eigenvalue weighted by atomic mass is 19.4. The molecule has 0 heterocycles. The molecule has 2 aliphatic carbocycles. The summed E-state index contributed by atoms with van der Waals surface area (Å²) in [7, 11) is 0. The van der Waals surface area contributed by atoms with Gasteiger partial charge in [-0.2, -0.15) is 13.2 Å². The van der Waals surface area contributed by atoms with Gasteiger partial charge in [0.15, 0.2) is 0 Å². The average Bonchev–Trinajstić information content (AvgIpc) is 2.76. The molecule has 1 aromatic rings. The third-order valence-corrected chi connectivity index (χ3v) is 8.28. The molecule has 0 saturated heterocycles. The molecule has 0 atom stereocenters. The summed E-state index contributed by atoms with van der Waals surface area (Å²) < 4.78 is 53.4. The number of hydrogen-bond acceptors (Lipinski definition) is 0. The largest absolute Gasteiger partial charge is 0.419 e. The van der Waals surface area contributed by atoms with Crippen molar-refractivity contribution in [3.63, 3.8) is 0 Å². The first-order chi connectivity index (χ1) is 14.8. The van der Waals surface area contributed by atoms with Gasteiger partial charge in [0.1, 0.15) is 5.82 Å². The minimum Gasteiger partial charge on any atom is -0.206 e. The van der Waals surface area contributed by atoms with Crippen molar-refractivity contribution in [2.75, 3.05) is 0 Å². The molecule has 0 unspecified atom stereocenters. The summed E-state index contributed by atoms with van der Waals surface area (Å²) in [5.41, 5.74) is 0.0225. The van der Waals surface area contributed by atoms with Gasteiger partial charge >= 0.3 is 6.18 Å². The fourth-order valence-corrected chi connectivity index (χ4v) is 6.43. The van der Waals surface area contributed by atoms with Gasteiger partial charge in [0, 0.05) is 0 Å². The standard InChI is InChI=1S/C27H40F4/c1-2-3-14-25(15-6-4-7-16-25)17-10-11-20-26(18-8-5-9-19-26)22-12-13-23(24(28)21-22)27(29,30)31/h12-13,21H,2-11,14-20H2,1H3. The predicted molar refractivity (Wildman–Crippen MR) is 120 cm³/mol. The fraction of sp³-hybridized carbons (Fsp3) is 0.778. The average molecular weight is 441 g/mol. The maximum Gasteiger partial charge on any atom is 0.419 e. The smallest absolute Gasteiger partial charge is 0.206 e. The lowest BCUT2D eigenvalue weighted by molar-refractivity contribution is -0.140. The minimum atomic E-state index is -4.63. The third-order valence-electron chi connectivity index (χ3n) is 8.28. The second-order valence-electron chi connectivity index (χ2n) is 10.4. The van der Waals surface area contributed by atoms with E-state index in [0.29, 0.717) is 5.41 Å².